The fourth-order valence-corrected chi connectivity index (χ4v) is 1.38. The van der Waals surface area contributed by atoms with E-state index in [1.165, 1.54) is 0 Å². The molecule has 1 fully saturated rings. The van der Waals surface area contributed by atoms with Crippen molar-refractivity contribution in [1.82, 2.24) is 9.97 Å². The highest BCUT2D eigenvalue weighted by atomic mass is 16.5. The third kappa shape index (κ3) is 2.20. The van der Waals surface area contributed by atoms with Crippen LogP contribution in [0, 0.1) is 0 Å². The fraction of sp³-hybridized carbons (Fsp3) is 0.600. The van der Waals surface area contributed by atoms with Crippen LogP contribution in [-0.2, 0) is 11.3 Å². The first-order valence-electron chi connectivity index (χ1n) is 4.97. The molecule has 1 aliphatic rings. The Morgan fingerprint density at radius 3 is 3.07 bits per heavy atom. The zero-order valence-electron chi connectivity index (χ0n) is 8.25. The molecule has 76 valence electrons. The molecule has 4 heteroatoms. The largest absolute Gasteiger partial charge is 0.374 e. The normalized spacial score (nSPS) is 15.8. The van der Waals surface area contributed by atoms with Gasteiger partial charge >= 0.3 is 0 Å². The molecule has 0 unspecified atom stereocenters. The van der Waals surface area contributed by atoms with Crippen LogP contribution >= 0.6 is 0 Å². The molecule has 0 saturated heterocycles. The maximum absolute atomic E-state index is 11.3. The number of rotatable bonds is 4. The van der Waals surface area contributed by atoms with E-state index >= 15 is 0 Å². The second-order valence-electron chi connectivity index (χ2n) is 3.53. The van der Waals surface area contributed by atoms with Crippen LogP contribution in [0.4, 0.5) is 0 Å². The van der Waals surface area contributed by atoms with Gasteiger partial charge in [-0.3, -0.25) is 4.79 Å². The van der Waals surface area contributed by atoms with E-state index < -0.39 is 0 Å². The van der Waals surface area contributed by atoms with Crippen molar-refractivity contribution in [3.05, 3.63) is 27.9 Å². The first-order valence-corrected chi connectivity index (χ1v) is 4.97. The molecule has 0 spiro atoms. The van der Waals surface area contributed by atoms with Crippen molar-refractivity contribution in [3.63, 3.8) is 0 Å². The summed E-state index contributed by atoms with van der Waals surface area (Å²) >= 11 is 0. The molecule has 4 nitrogen and oxygen atoms in total. The second-order valence-corrected chi connectivity index (χ2v) is 3.53. The fourth-order valence-electron chi connectivity index (χ4n) is 1.38. The smallest absolute Gasteiger partial charge is 0.251 e. The maximum Gasteiger partial charge on any atom is 0.251 e. The predicted molar refractivity (Wildman–Crippen MR) is 52.2 cm³/mol. The van der Waals surface area contributed by atoms with Gasteiger partial charge in [0, 0.05) is 18.6 Å². The summed E-state index contributed by atoms with van der Waals surface area (Å²) in [5.41, 5.74) is 0.847. The zero-order valence-corrected chi connectivity index (χ0v) is 8.25. The number of nitrogens with zero attached hydrogens (tertiary/aromatic N) is 1. The summed E-state index contributed by atoms with van der Waals surface area (Å²) in [6.07, 6.45) is 2.31. The minimum absolute atomic E-state index is 0.0726. The van der Waals surface area contributed by atoms with Crippen molar-refractivity contribution in [2.24, 2.45) is 0 Å². The van der Waals surface area contributed by atoms with E-state index in [9.17, 15) is 4.79 Å². The molecule has 0 aliphatic heterocycles. The van der Waals surface area contributed by atoms with E-state index in [4.69, 9.17) is 4.74 Å². The molecule has 0 amide bonds. The highest BCUT2D eigenvalue weighted by molar-refractivity contribution is 5.13. The lowest BCUT2D eigenvalue weighted by molar-refractivity contribution is 0.128. The van der Waals surface area contributed by atoms with Gasteiger partial charge in [0.2, 0.25) is 0 Å². The summed E-state index contributed by atoms with van der Waals surface area (Å²) in [6, 6.07) is 1.59. The van der Waals surface area contributed by atoms with Crippen LogP contribution in [0.2, 0.25) is 0 Å². The number of ether oxygens (including phenoxy) is 1. The highest BCUT2D eigenvalue weighted by Crippen LogP contribution is 2.38. The first-order chi connectivity index (χ1) is 6.79. The van der Waals surface area contributed by atoms with Crippen LogP contribution in [0.5, 0.6) is 0 Å². The molecule has 2 rings (SSSR count). The third-order valence-corrected chi connectivity index (χ3v) is 2.25. The second kappa shape index (κ2) is 3.92. The van der Waals surface area contributed by atoms with Gasteiger partial charge in [-0.05, 0) is 19.8 Å². The molecular weight excluding hydrogens is 180 g/mol. The molecule has 1 heterocycles. The number of aromatic nitrogens is 2. The van der Waals surface area contributed by atoms with Crippen molar-refractivity contribution < 1.29 is 4.74 Å². The molecule has 1 aromatic rings. The lowest BCUT2D eigenvalue weighted by atomic mass is 10.3. The minimum Gasteiger partial charge on any atom is -0.374 e. The maximum atomic E-state index is 11.3. The van der Waals surface area contributed by atoms with Crippen molar-refractivity contribution in [1.29, 1.82) is 0 Å². The highest BCUT2D eigenvalue weighted by Gasteiger charge is 2.25. The van der Waals surface area contributed by atoms with Gasteiger partial charge in [-0.15, -0.1) is 0 Å². The van der Waals surface area contributed by atoms with Crippen molar-refractivity contribution in [2.75, 3.05) is 6.61 Å². The summed E-state index contributed by atoms with van der Waals surface area (Å²) in [7, 11) is 0. The number of nitrogens with one attached hydrogen (secondary N) is 1. The number of H-pyrrole nitrogens is 1. The lowest BCUT2D eigenvalue weighted by Crippen LogP contribution is -2.13. The van der Waals surface area contributed by atoms with Crippen LogP contribution in [-0.4, -0.2) is 16.6 Å². The van der Waals surface area contributed by atoms with Gasteiger partial charge < -0.3 is 9.72 Å². The van der Waals surface area contributed by atoms with Crippen molar-refractivity contribution in [3.8, 4) is 0 Å². The quantitative estimate of drug-likeness (QED) is 0.783. The minimum atomic E-state index is -0.0726. The summed E-state index contributed by atoms with van der Waals surface area (Å²) in [5, 5.41) is 0. The number of hydrogen-bond acceptors (Lipinski definition) is 3. The summed E-state index contributed by atoms with van der Waals surface area (Å²) < 4.78 is 5.20. The molecule has 0 aromatic carbocycles. The standard InChI is InChI=1S/C10H14N2O2/c1-2-14-6-9-11-8(7-3-4-7)5-10(13)12-9/h5,7H,2-4,6H2,1H3,(H,11,12,13). The van der Waals surface area contributed by atoms with E-state index in [2.05, 4.69) is 9.97 Å². The third-order valence-electron chi connectivity index (χ3n) is 2.25. The zero-order chi connectivity index (χ0) is 9.97. The Hall–Kier alpha value is -1.16. The number of hydrogen-bond donors (Lipinski definition) is 1. The van der Waals surface area contributed by atoms with E-state index in [0.717, 1.165) is 18.5 Å². The van der Waals surface area contributed by atoms with Crippen molar-refractivity contribution in [2.45, 2.75) is 32.3 Å². The summed E-state index contributed by atoms with van der Waals surface area (Å²) in [4.78, 5) is 18.3. The molecule has 1 saturated carbocycles. The van der Waals surface area contributed by atoms with Crippen LogP contribution in [0.25, 0.3) is 0 Å². The van der Waals surface area contributed by atoms with Crippen LogP contribution in [0.1, 0.15) is 37.2 Å². The average Bonchev–Trinajstić information content (AvgIpc) is 2.97. The predicted octanol–water partition coefficient (Wildman–Crippen LogP) is 1.18. The van der Waals surface area contributed by atoms with Gasteiger partial charge in [0.05, 0.1) is 5.69 Å². The average molecular weight is 194 g/mol. The molecule has 14 heavy (non-hydrogen) atoms. The first kappa shape index (κ1) is 9.40. The van der Waals surface area contributed by atoms with Crippen LogP contribution in [0.3, 0.4) is 0 Å². The van der Waals surface area contributed by atoms with Crippen LogP contribution < -0.4 is 5.56 Å². The van der Waals surface area contributed by atoms with Crippen LogP contribution in [0.15, 0.2) is 10.9 Å². The van der Waals surface area contributed by atoms with Gasteiger partial charge in [0.1, 0.15) is 12.4 Å². The van der Waals surface area contributed by atoms with E-state index in [1.807, 2.05) is 6.92 Å². The molecule has 0 bridgehead atoms. The Bertz CT molecular complexity index is 369. The lowest BCUT2D eigenvalue weighted by Gasteiger charge is -2.02. The molecule has 1 N–H and O–H groups in total. The Balaban J connectivity index is 2.18. The Labute approximate surface area is 82.3 Å². The SMILES string of the molecule is CCOCc1nc(C2CC2)cc(=O)[nH]1. The Kier molecular flexibility index (Phi) is 2.63. The Morgan fingerprint density at radius 2 is 2.43 bits per heavy atom. The van der Waals surface area contributed by atoms with Gasteiger partial charge in [-0.1, -0.05) is 0 Å². The van der Waals surface area contributed by atoms with E-state index in [1.54, 1.807) is 6.07 Å². The molecule has 1 aromatic heterocycles. The Morgan fingerprint density at radius 1 is 1.64 bits per heavy atom. The van der Waals surface area contributed by atoms with Gasteiger partial charge in [-0.2, -0.15) is 0 Å². The van der Waals surface area contributed by atoms with E-state index in [-0.39, 0.29) is 5.56 Å². The summed E-state index contributed by atoms with van der Waals surface area (Å²) in [6.45, 7) is 2.95. The van der Waals surface area contributed by atoms with E-state index in [0.29, 0.717) is 25.0 Å². The molecule has 1 aliphatic carbocycles. The molecular formula is C10H14N2O2. The molecule has 0 radical (unpaired) electrons. The van der Waals surface area contributed by atoms with Crippen molar-refractivity contribution >= 4 is 0 Å². The van der Waals surface area contributed by atoms with Gasteiger partial charge in [0.25, 0.3) is 5.56 Å². The summed E-state index contributed by atoms with van der Waals surface area (Å²) in [5.74, 6) is 1.15. The number of aromatic amines is 1. The molecule has 0 atom stereocenters. The topological polar surface area (TPSA) is 55.0 Å². The van der Waals surface area contributed by atoms with Gasteiger partial charge in [0.15, 0.2) is 0 Å². The van der Waals surface area contributed by atoms with Gasteiger partial charge in [-0.25, -0.2) is 4.98 Å². The monoisotopic (exact) mass is 194 g/mol.